The maximum atomic E-state index is 4.86. The molecular formula is C27H27N9. The van der Waals surface area contributed by atoms with E-state index in [0.717, 1.165) is 72.0 Å². The van der Waals surface area contributed by atoms with Crippen LogP contribution in [-0.2, 0) is 13.0 Å². The molecule has 36 heavy (non-hydrogen) atoms. The van der Waals surface area contributed by atoms with E-state index in [-0.39, 0.29) is 0 Å². The summed E-state index contributed by atoms with van der Waals surface area (Å²) in [5, 5.41) is 4.36. The van der Waals surface area contributed by atoms with Gasteiger partial charge in [-0.15, -0.1) is 0 Å². The number of rotatable bonds is 4. The molecule has 2 aliphatic rings. The lowest BCUT2D eigenvalue weighted by Crippen LogP contribution is -2.27. The molecule has 4 aromatic heterocycles. The zero-order valence-electron chi connectivity index (χ0n) is 20.2. The fourth-order valence-corrected chi connectivity index (χ4v) is 5.18. The van der Waals surface area contributed by atoms with Gasteiger partial charge in [-0.3, -0.25) is 0 Å². The molecule has 1 fully saturated rings. The molecule has 0 atom stereocenters. The van der Waals surface area contributed by atoms with E-state index in [1.54, 1.807) is 6.20 Å². The lowest BCUT2D eigenvalue weighted by Gasteiger charge is -2.21. The predicted molar refractivity (Wildman–Crippen MR) is 141 cm³/mol. The Kier molecular flexibility index (Phi) is 5.02. The van der Waals surface area contributed by atoms with Crippen LogP contribution in [0.25, 0.3) is 27.8 Å². The first-order chi connectivity index (χ1) is 17.7. The van der Waals surface area contributed by atoms with Gasteiger partial charge in [-0.05, 0) is 44.2 Å². The summed E-state index contributed by atoms with van der Waals surface area (Å²) in [6.07, 6.45) is 9.17. The van der Waals surface area contributed by atoms with Crippen LogP contribution < -0.4 is 10.2 Å². The van der Waals surface area contributed by atoms with Crippen molar-refractivity contribution in [1.29, 1.82) is 0 Å². The van der Waals surface area contributed by atoms with Crippen LogP contribution in [-0.4, -0.2) is 60.9 Å². The number of aromatic nitrogens is 6. The smallest absolute Gasteiger partial charge is 0.227 e. The van der Waals surface area contributed by atoms with E-state index in [4.69, 9.17) is 15.0 Å². The Morgan fingerprint density at radius 3 is 2.75 bits per heavy atom. The van der Waals surface area contributed by atoms with Crippen molar-refractivity contribution in [2.45, 2.75) is 25.8 Å². The van der Waals surface area contributed by atoms with E-state index >= 15 is 0 Å². The molecule has 0 radical (unpaired) electrons. The number of imidazole rings is 1. The number of benzene rings is 1. The van der Waals surface area contributed by atoms with Crippen molar-refractivity contribution in [1.82, 2.24) is 34.2 Å². The highest BCUT2D eigenvalue weighted by Crippen LogP contribution is 2.26. The molecule has 0 unspecified atom stereocenters. The summed E-state index contributed by atoms with van der Waals surface area (Å²) >= 11 is 0. The Morgan fingerprint density at radius 1 is 0.917 bits per heavy atom. The maximum Gasteiger partial charge on any atom is 0.227 e. The van der Waals surface area contributed by atoms with Crippen molar-refractivity contribution < 1.29 is 0 Å². The third-order valence-corrected chi connectivity index (χ3v) is 7.12. The molecule has 9 nitrogen and oxygen atoms in total. The highest BCUT2D eigenvalue weighted by atomic mass is 15.3. The number of hydrogen-bond acceptors (Lipinski definition) is 8. The number of nitrogens with zero attached hydrogens (tertiary/aromatic N) is 8. The molecule has 1 N–H and O–H groups in total. The van der Waals surface area contributed by atoms with Crippen LogP contribution in [0.2, 0.25) is 0 Å². The molecule has 2 aliphatic heterocycles. The van der Waals surface area contributed by atoms with Gasteiger partial charge in [0.25, 0.3) is 0 Å². The average Bonchev–Trinajstić information content (AvgIpc) is 3.56. The van der Waals surface area contributed by atoms with Crippen molar-refractivity contribution in [3.63, 3.8) is 0 Å². The molecule has 1 saturated heterocycles. The summed E-state index contributed by atoms with van der Waals surface area (Å²) in [5.74, 6) is 1.37. The largest absolute Gasteiger partial charge is 0.341 e. The van der Waals surface area contributed by atoms with E-state index < -0.39 is 0 Å². The molecule has 7 rings (SSSR count). The van der Waals surface area contributed by atoms with E-state index in [9.17, 15) is 0 Å². The summed E-state index contributed by atoms with van der Waals surface area (Å²) < 4.78 is 2.18. The summed E-state index contributed by atoms with van der Waals surface area (Å²) in [4.78, 5) is 28.0. The van der Waals surface area contributed by atoms with Crippen LogP contribution in [0.15, 0.2) is 55.0 Å². The van der Waals surface area contributed by atoms with Gasteiger partial charge in [0.2, 0.25) is 11.9 Å². The Balaban J connectivity index is 1.15. The van der Waals surface area contributed by atoms with Crippen LogP contribution in [0.3, 0.4) is 0 Å². The van der Waals surface area contributed by atoms with Gasteiger partial charge in [-0.25, -0.2) is 24.9 Å². The average molecular weight is 478 g/mol. The number of anilines is 3. The Bertz CT molecular complexity index is 1590. The minimum Gasteiger partial charge on any atom is -0.341 e. The number of pyridine rings is 1. The second-order valence-electron chi connectivity index (χ2n) is 9.66. The van der Waals surface area contributed by atoms with E-state index in [1.807, 2.05) is 24.4 Å². The molecule has 0 spiro atoms. The topological polar surface area (TPSA) is 87.4 Å². The fourth-order valence-electron chi connectivity index (χ4n) is 5.18. The fraction of sp³-hybridized carbons (Fsp3) is 0.296. The lowest BCUT2D eigenvalue weighted by molar-refractivity contribution is 0.306. The van der Waals surface area contributed by atoms with Crippen molar-refractivity contribution in [3.05, 3.63) is 66.4 Å². The zero-order valence-corrected chi connectivity index (χ0v) is 20.2. The SMILES string of the molecule is CN1CCc2nc3cc(Nc4nccc(-c5ccc6nc(N7CCCC7)ncc6c5)n4)ccn3c2C1. The highest BCUT2D eigenvalue weighted by Gasteiger charge is 2.19. The van der Waals surface area contributed by atoms with Crippen molar-refractivity contribution in [3.8, 4) is 11.3 Å². The number of likely N-dealkylation sites (N-methyl/N-ethyl adjacent to an activating group) is 1. The van der Waals surface area contributed by atoms with Crippen LogP contribution in [0.5, 0.6) is 0 Å². The van der Waals surface area contributed by atoms with Gasteiger partial charge >= 0.3 is 0 Å². The first kappa shape index (κ1) is 21.2. The zero-order chi connectivity index (χ0) is 24.1. The van der Waals surface area contributed by atoms with Gasteiger partial charge in [-0.1, -0.05) is 6.07 Å². The van der Waals surface area contributed by atoms with Gasteiger partial charge in [-0.2, -0.15) is 0 Å². The van der Waals surface area contributed by atoms with Crippen molar-refractivity contribution in [2.24, 2.45) is 0 Å². The molecule has 9 heteroatoms. The molecule has 6 heterocycles. The summed E-state index contributed by atoms with van der Waals surface area (Å²) in [6.45, 7) is 4.04. The summed E-state index contributed by atoms with van der Waals surface area (Å²) in [6, 6.07) is 12.2. The third kappa shape index (κ3) is 3.81. The molecule has 0 bridgehead atoms. The van der Waals surface area contributed by atoms with E-state index in [1.165, 1.54) is 24.2 Å². The Labute approximate surface area is 208 Å². The summed E-state index contributed by atoms with van der Waals surface area (Å²) in [7, 11) is 2.15. The lowest BCUT2D eigenvalue weighted by atomic mass is 10.1. The first-order valence-corrected chi connectivity index (χ1v) is 12.5. The van der Waals surface area contributed by atoms with E-state index in [0.29, 0.717) is 5.95 Å². The molecule has 0 saturated carbocycles. The molecule has 5 aromatic rings. The molecule has 0 amide bonds. The second kappa shape index (κ2) is 8.53. The van der Waals surface area contributed by atoms with Gasteiger partial charge in [0.1, 0.15) is 5.65 Å². The van der Waals surface area contributed by atoms with Crippen LogP contribution in [0.1, 0.15) is 24.2 Å². The number of nitrogens with one attached hydrogen (secondary N) is 1. The maximum absolute atomic E-state index is 4.86. The monoisotopic (exact) mass is 477 g/mol. The van der Waals surface area contributed by atoms with Gasteiger partial charge in [0.15, 0.2) is 0 Å². The van der Waals surface area contributed by atoms with Crippen molar-refractivity contribution >= 4 is 34.1 Å². The Morgan fingerprint density at radius 2 is 1.83 bits per heavy atom. The van der Waals surface area contributed by atoms with Crippen LogP contribution in [0, 0.1) is 0 Å². The summed E-state index contributed by atoms with van der Waals surface area (Å²) in [5.41, 5.74) is 7.12. The second-order valence-corrected chi connectivity index (χ2v) is 9.66. The molecular weight excluding hydrogens is 450 g/mol. The molecule has 0 aliphatic carbocycles. The third-order valence-electron chi connectivity index (χ3n) is 7.12. The normalized spacial score (nSPS) is 16.1. The van der Waals surface area contributed by atoms with Crippen molar-refractivity contribution in [2.75, 3.05) is 36.9 Å². The molecule has 180 valence electrons. The van der Waals surface area contributed by atoms with E-state index in [2.05, 4.69) is 60.9 Å². The van der Waals surface area contributed by atoms with Gasteiger partial charge in [0.05, 0.1) is 22.6 Å². The van der Waals surface area contributed by atoms with Crippen LogP contribution in [0.4, 0.5) is 17.6 Å². The Hall–Kier alpha value is -4.11. The number of hydrogen-bond donors (Lipinski definition) is 1. The predicted octanol–water partition coefficient (Wildman–Crippen LogP) is 4.07. The highest BCUT2D eigenvalue weighted by molar-refractivity contribution is 5.84. The minimum atomic E-state index is 0.550. The van der Waals surface area contributed by atoms with Gasteiger partial charge < -0.3 is 19.5 Å². The van der Waals surface area contributed by atoms with Crippen LogP contribution >= 0.6 is 0 Å². The minimum absolute atomic E-state index is 0.550. The van der Waals surface area contributed by atoms with Gasteiger partial charge in [0, 0.05) is 73.9 Å². The number of fused-ring (bicyclic) bond motifs is 4. The standard InChI is InChI=1S/C27H27N9/c1-34-12-8-23-24(17-34)36-13-7-20(15-25(36)31-23)30-26-28-9-6-22(32-26)18-4-5-21-19(14-18)16-29-27(33-21)35-10-2-3-11-35/h4-7,9,13-16H,2-3,8,10-12,17H2,1H3,(H,28,30,32). The molecule has 1 aromatic carbocycles. The quantitative estimate of drug-likeness (QED) is 0.415. The first-order valence-electron chi connectivity index (χ1n) is 12.5.